The third kappa shape index (κ3) is 5.04. The molecule has 2 aromatic heterocycles. The first-order valence-electron chi connectivity index (χ1n) is 9.86. The Balaban J connectivity index is 1.70. The molecule has 10 nitrogen and oxygen atoms in total. The van der Waals surface area contributed by atoms with Crippen molar-refractivity contribution in [3.05, 3.63) is 65.9 Å². The van der Waals surface area contributed by atoms with E-state index < -0.39 is 15.7 Å². The van der Waals surface area contributed by atoms with Crippen molar-refractivity contribution in [3.8, 4) is 5.75 Å². The number of anilines is 4. The van der Waals surface area contributed by atoms with Crippen LogP contribution in [0.3, 0.4) is 0 Å². The number of nitrogens with two attached hydrogens (primary N) is 1. The highest BCUT2D eigenvalue weighted by molar-refractivity contribution is 7.89. The zero-order chi connectivity index (χ0) is 23.6. The molecule has 5 N–H and O–H groups in total. The number of primary amides is 1. The number of ether oxygens (including phenoxy) is 1. The molecule has 0 fully saturated rings. The minimum Gasteiger partial charge on any atom is -0.495 e. The number of nitrogens with zero attached hydrogens (tertiary/aromatic N) is 2. The largest absolute Gasteiger partial charge is 0.495 e. The summed E-state index contributed by atoms with van der Waals surface area (Å²) in [6, 6.07) is 13.7. The Bertz CT molecular complexity index is 1450. The lowest BCUT2D eigenvalue weighted by atomic mass is 10.1. The molecule has 1 amide bonds. The van der Waals surface area contributed by atoms with Crippen LogP contribution >= 0.6 is 0 Å². The van der Waals surface area contributed by atoms with Gasteiger partial charge in [-0.3, -0.25) is 4.79 Å². The zero-order valence-electron chi connectivity index (χ0n) is 17.9. The number of aromatic amines is 1. The van der Waals surface area contributed by atoms with Crippen LogP contribution in [-0.4, -0.2) is 42.6 Å². The number of hydrogen-bond acceptors (Lipinski definition) is 8. The van der Waals surface area contributed by atoms with Crippen LogP contribution in [0, 0.1) is 0 Å². The van der Waals surface area contributed by atoms with E-state index in [1.807, 2.05) is 6.07 Å². The first kappa shape index (κ1) is 22.1. The van der Waals surface area contributed by atoms with Crippen molar-refractivity contribution in [1.29, 1.82) is 0 Å². The van der Waals surface area contributed by atoms with E-state index in [2.05, 4.69) is 25.6 Å². The maximum absolute atomic E-state index is 11.8. The Hall–Kier alpha value is -4.12. The van der Waals surface area contributed by atoms with E-state index in [1.165, 1.54) is 13.4 Å². The smallest absolute Gasteiger partial charge is 0.250 e. The number of fused-ring (bicyclic) bond motifs is 1. The number of aromatic nitrogens is 3. The summed E-state index contributed by atoms with van der Waals surface area (Å²) in [4.78, 5) is 23.9. The van der Waals surface area contributed by atoms with Gasteiger partial charge in [-0.15, -0.1) is 0 Å². The highest BCUT2D eigenvalue weighted by Crippen LogP contribution is 2.31. The van der Waals surface area contributed by atoms with Gasteiger partial charge >= 0.3 is 0 Å². The van der Waals surface area contributed by atoms with Gasteiger partial charge in [0.15, 0.2) is 9.84 Å². The summed E-state index contributed by atoms with van der Waals surface area (Å²) < 4.78 is 28.7. The summed E-state index contributed by atoms with van der Waals surface area (Å²) in [5.41, 5.74) is 8.07. The number of nitrogens with one attached hydrogen (secondary N) is 3. The molecule has 170 valence electrons. The molecular weight excluding hydrogens is 444 g/mol. The molecule has 33 heavy (non-hydrogen) atoms. The van der Waals surface area contributed by atoms with Crippen molar-refractivity contribution in [3.63, 3.8) is 0 Å². The van der Waals surface area contributed by atoms with Crippen LogP contribution in [0.1, 0.15) is 15.9 Å². The Morgan fingerprint density at radius 1 is 1.09 bits per heavy atom. The fraction of sp³-hybridized carbons (Fsp3) is 0.136. The summed E-state index contributed by atoms with van der Waals surface area (Å²) in [7, 11) is -1.69. The molecule has 11 heteroatoms. The summed E-state index contributed by atoms with van der Waals surface area (Å²) in [5.74, 6) is 0.514. The first-order chi connectivity index (χ1) is 15.7. The van der Waals surface area contributed by atoms with E-state index in [0.717, 1.165) is 5.39 Å². The molecule has 0 spiro atoms. The van der Waals surface area contributed by atoms with Crippen LogP contribution in [-0.2, 0) is 15.6 Å². The predicted molar refractivity (Wildman–Crippen MR) is 127 cm³/mol. The second-order valence-corrected chi connectivity index (χ2v) is 9.54. The molecule has 0 atom stereocenters. The van der Waals surface area contributed by atoms with E-state index in [1.54, 1.807) is 48.7 Å². The van der Waals surface area contributed by atoms with Gasteiger partial charge in [0, 0.05) is 12.5 Å². The van der Waals surface area contributed by atoms with Crippen LogP contribution in [0.4, 0.5) is 23.1 Å². The average Bonchev–Trinajstić information content (AvgIpc) is 3.23. The predicted octanol–water partition coefficient (Wildman–Crippen LogP) is 3.10. The molecular formula is C22H22N6O4S. The van der Waals surface area contributed by atoms with Gasteiger partial charge in [0.05, 0.1) is 35.2 Å². The van der Waals surface area contributed by atoms with Crippen molar-refractivity contribution in [2.75, 3.05) is 24.0 Å². The summed E-state index contributed by atoms with van der Waals surface area (Å²) in [6.45, 7) is 0. The number of methoxy groups -OCH3 is 1. The van der Waals surface area contributed by atoms with E-state index in [9.17, 15) is 13.2 Å². The van der Waals surface area contributed by atoms with E-state index >= 15 is 0 Å². The minimum absolute atomic E-state index is 0.0953. The molecule has 4 rings (SSSR count). The van der Waals surface area contributed by atoms with Crippen LogP contribution in [0.2, 0.25) is 0 Å². The number of para-hydroxylation sites is 1. The van der Waals surface area contributed by atoms with Crippen molar-refractivity contribution in [2.24, 2.45) is 5.73 Å². The summed E-state index contributed by atoms with van der Waals surface area (Å²) in [6.07, 6.45) is 2.91. The van der Waals surface area contributed by atoms with Crippen molar-refractivity contribution in [1.82, 2.24) is 15.0 Å². The molecule has 2 heterocycles. The molecule has 0 bridgehead atoms. The molecule has 4 aromatic rings. The highest BCUT2D eigenvalue weighted by Gasteiger charge is 2.15. The topological polar surface area (TPSA) is 152 Å². The third-order valence-corrected chi connectivity index (χ3v) is 5.66. The van der Waals surface area contributed by atoms with Crippen molar-refractivity contribution in [2.45, 2.75) is 5.75 Å². The molecule has 0 aliphatic heterocycles. The second kappa shape index (κ2) is 8.79. The quantitative estimate of drug-likeness (QED) is 0.309. The van der Waals surface area contributed by atoms with E-state index in [0.29, 0.717) is 39.7 Å². The fourth-order valence-corrected chi connectivity index (χ4v) is 4.16. The van der Waals surface area contributed by atoms with Crippen molar-refractivity contribution < 1.29 is 17.9 Å². The fourth-order valence-electron chi connectivity index (χ4n) is 3.38. The van der Waals surface area contributed by atoms with Gasteiger partial charge in [-0.05, 0) is 35.9 Å². The lowest BCUT2D eigenvalue weighted by Crippen LogP contribution is -2.13. The Kier molecular flexibility index (Phi) is 5.88. The number of benzene rings is 2. The second-order valence-electron chi connectivity index (χ2n) is 7.40. The monoisotopic (exact) mass is 466 g/mol. The summed E-state index contributed by atoms with van der Waals surface area (Å²) in [5, 5.41) is 6.99. The number of hydrogen-bond donors (Lipinski definition) is 4. The Morgan fingerprint density at radius 3 is 2.61 bits per heavy atom. The molecule has 0 unspecified atom stereocenters. The molecule has 0 aliphatic carbocycles. The Morgan fingerprint density at radius 2 is 1.88 bits per heavy atom. The van der Waals surface area contributed by atoms with Gasteiger partial charge in [0.25, 0.3) is 5.91 Å². The van der Waals surface area contributed by atoms with Crippen LogP contribution in [0.15, 0.2) is 54.7 Å². The van der Waals surface area contributed by atoms with Crippen LogP contribution in [0.25, 0.3) is 11.0 Å². The molecule has 0 saturated heterocycles. The lowest BCUT2D eigenvalue weighted by molar-refractivity contribution is 0.100. The molecule has 0 radical (unpaired) electrons. The van der Waals surface area contributed by atoms with Gasteiger partial charge in [0.1, 0.15) is 17.2 Å². The first-order valence-corrected chi connectivity index (χ1v) is 11.9. The van der Waals surface area contributed by atoms with Gasteiger partial charge < -0.3 is 26.1 Å². The van der Waals surface area contributed by atoms with Gasteiger partial charge in [-0.1, -0.05) is 18.2 Å². The number of H-pyrrole nitrogens is 1. The third-order valence-electron chi connectivity index (χ3n) is 4.80. The maximum atomic E-state index is 11.8. The van der Waals surface area contributed by atoms with Gasteiger partial charge in [0.2, 0.25) is 5.95 Å². The lowest BCUT2D eigenvalue weighted by Gasteiger charge is -2.14. The minimum atomic E-state index is -3.18. The number of carbonyl (C=O) groups is 1. The van der Waals surface area contributed by atoms with Gasteiger partial charge in [-0.2, -0.15) is 9.97 Å². The molecule has 0 aliphatic rings. The molecule has 2 aromatic carbocycles. The number of rotatable bonds is 8. The molecule has 0 saturated carbocycles. The maximum Gasteiger partial charge on any atom is 0.250 e. The number of carbonyl (C=O) groups excluding carboxylic acids is 1. The van der Waals surface area contributed by atoms with Crippen molar-refractivity contribution >= 4 is 49.9 Å². The van der Waals surface area contributed by atoms with Crippen LogP contribution in [0.5, 0.6) is 5.75 Å². The zero-order valence-corrected chi connectivity index (χ0v) is 18.7. The highest BCUT2D eigenvalue weighted by atomic mass is 32.2. The normalized spacial score (nSPS) is 11.3. The number of amides is 1. The SMILES string of the molecule is COc1cc(CS(C)(=O)=O)ccc1Nc1nc(Nc2ccccc2C(N)=O)c2cc[nH]c2n1. The van der Waals surface area contributed by atoms with Crippen LogP contribution < -0.4 is 21.1 Å². The Labute approximate surface area is 190 Å². The number of sulfone groups is 1. The van der Waals surface area contributed by atoms with E-state index in [-0.39, 0.29) is 11.7 Å². The summed E-state index contributed by atoms with van der Waals surface area (Å²) >= 11 is 0. The van der Waals surface area contributed by atoms with E-state index in [4.69, 9.17) is 10.5 Å². The standard InChI is InChI=1S/C22H22N6O4S/c1-32-18-11-13(12-33(2,30)31)7-8-17(18)26-22-27-20-15(9-10-24-20)21(28-22)25-16-6-4-3-5-14(16)19(23)29/h3-11H,12H2,1-2H3,(H2,23,29)(H3,24,25,26,27,28). The average molecular weight is 467 g/mol. The van der Waals surface area contributed by atoms with Gasteiger partial charge in [-0.25, -0.2) is 8.42 Å².